The molecule has 1 fully saturated rings. The number of rotatable bonds is 5. The minimum absolute atomic E-state index is 0.404. The van der Waals surface area contributed by atoms with Crippen molar-refractivity contribution in [3.05, 3.63) is 35.9 Å². The summed E-state index contributed by atoms with van der Waals surface area (Å²) in [5.41, 5.74) is 0.780. The molecule has 1 N–H and O–H groups in total. The number of carbonyl (C=O) groups excluding carboxylic acids is 1. The Bertz CT molecular complexity index is 550. The highest BCUT2D eigenvalue weighted by Gasteiger charge is 2.43. The smallest absolute Gasteiger partial charge is 0.405 e. The molecule has 0 aromatic heterocycles. The lowest BCUT2D eigenvalue weighted by Gasteiger charge is -2.40. The van der Waals surface area contributed by atoms with Gasteiger partial charge in [-0.1, -0.05) is 36.8 Å². The SMILES string of the molecule is COC(=O)C(c1ccccc1)C1CCCCN1P(=O)(O)OC. The van der Waals surface area contributed by atoms with E-state index in [1.807, 2.05) is 30.3 Å². The quantitative estimate of drug-likeness (QED) is 0.661. The maximum absolute atomic E-state index is 12.3. The van der Waals surface area contributed by atoms with E-state index in [0.29, 0.717) is 13.0 Å². The fraction of sp³-hybridized carbons (Fsp3) is 0.533. The number of piperidine rings is 1. The van der Waals surface area contributed by atoms with Crippen LogP contribution in [0, 0.1) is 0 Å². The molecule has 1 aliphatic heterocycles. The zero-order valence-corrected chi connectivity index (χ0v) is 13.7. The van der Waals surface area contributed by atoms with Crippen molar-refractivity contribution in [1.29, 1.82) is 0 Å². The van der Waals surface area contributed by atoms with E-state index in [4.69, 9.17) is 9.26 Å². The Morgan fingerprint density at radius 3 is 2.59 bits per heavy atom. The molecule has 0 radical (unpaired) electrons. The molecule has 1 aliphatic rings. The van der Waals surface area contributed by atoms with Crippen LogP contribution in [0.5, 0.6) is 0 Å². The van der Waals surface area contributed by atoms with Crippen LogP contribution < -0.4 is 0 Å². The minimum atomic E-state index is -3.90. The highest BCUT2D eigenvalue weighted by Crippen LogP contribution is 2.51. The van der Waals surface area contributed by atoms with Crippen LogP contribution in [0.4, 0.5) is 0 Å². The van der Waals surface area contributed by atoms with Crippen molar-refractivity contribution >= 4 is 13.7 Å². The van der Waals surface area contributed by atoms with Crippen molar-refractivity contribution in [3.63, 3.8) is 0 Å². The third-order valence-electron chi connectivity index (χ3n) is 4.08. The summed E-state index contributed by atoms with van der Waals surface area (Å²) in [4.78, 5) is 22.4. The summed E-state index contributed by atoms with van der Waals surface area (Å²) >= 11 is 0. The summed E-state index contributed by atoms with van der Waals surface area (Å²) in [6.07, 6.45) is 2.33. The second kappa shape index (κ2) is 7.38. The monoisotopic (exact) mass is 327 g/mol. The Morgan fingerprint density at radius 1 is 1.32 bits per heavy atom. The first-order valence-electron chi connectivity index (χ1n) is 7.29. The summed E-state index contributed by atoms with van der Waals surface area (Å²) < 4.78 is 23.5. The number of nitrogens with zero attached hydrogens (tertiary/aromatic N) is 1. The fourth-order valence-electron chi connectivity index (χ4n) is 3.00. The zero-order valence-electron chi connectivity index (χ0n) is 12.8. The Kier molecular flexibility index (Phi) is 5.75. The molecule has 1 heterocycles. The summed E-state index contributed by atoms with van der Waals surface area (Å²) in [6, 6.07) is 8.80. The van der Waals surface area contributed by atoms with Gasteiger partial charge in [-0.3, -0.25) is 4.79 Å². The van der Waals surface area contributed by atoms with Crippen molar-refractivity contribution in [1.82, 2.24) is 4.67 Å². The van der Waals surface area contributed by atoms with Gasteiger partial charge >= 0.3 is 13.7 Å². The Morgan fingerprint density at radius 2 is 2.00 bits per heavy atom. The summed E-state index contributed by atoms with van der Waals surface area (Å²) in [5, 5.41) is 0. The van der Waals surface area contributed by atoms with Crippen LogP contribution in [0.3, 0.4) is 0 Å². The average molecular weight is 327 g/mol. The lowest BCUT2D eigenvalue weighted by molar-refractivity contribution is -0.144. The van der Waals surface area contributed by atoms with Crippen molar-refractivity contribution < 1.29 is 23.5 Å². The third-order valence-corrected chi connectivity index (χ3v) is 5.70. The van der Waals surface area contributed by atoms with Crippen LogP contribution >= 0.6 is 7.75 Å². The van der Waals surface area contributed by atoms with Gasteiger partial charge < -0.3 is 14.2 Å². The second-order valence-corrected chi connectivity index (χ2v) is 7.17. The summed E-state index contributed by atoms with van der Waals surface area (Å²) in [5.74, 6) is -1.01. The van der Waals surface area contributed by atoms with Crippen LogP contribution in [-0.4, -0.2) is 42.3 Å². The molecule has 0 amide bonds. The van der Waals surface area contributed by atoms with Gasteiger partial charge in [0.1, 0.15) is 0 Å². The van der Waals surface area contributed by atoms with Gasteiger partial charge in [0.15, 0.2) is 0 Å². The Hall–Kier alpha value is -1.20. The van der Waals surface area contributed by atoms with Crippen molar-refractivity contribution in [3.8, 4) is 0 Å². The molecule has 3 unspecified atom stereocenters. The van der Waals surface area contributed by atoms with E-state index in [1.165, 1.54) is 18.9 Å². The van der Waals surface area contributed by atoms with Gasteiger partial charge in [-0.25, -0.2) is 9.24 Å². The average Bonchev–Trinajstić information content (AvgIpc) is 2.56. The van der Waals surface area contributed by atoms with E-state index >= 15 is 0 Å². The largest absolute Gasteiger partial charge is 0.469 e. The molecule has 1 aromatic rings. The molecule has 0 bridgehead atoms. The molecule has 6 nitrogen and oxygen atoms in total. The topological polar surface area (TPSA) is 76.1 Å². The van der Waals surface area contributed by atoms with Gasteiger partial charge in [-0.15, -0.1) is 0 Å². The molecule has 0 saturated carbocycles. The van der Waals surface area contributed by atoms with Crippen LogP contribution in [0.25, 0.3) is 0 Å². The Balaban J connectivity index is 2.40. The number of hydrogen-bond donors (Lipinski definition) is 1. The van der Waals surface area contributed by atoms with E-state index in [-0.39, 0.29) is 0 Å². The van der Waals surface area contributed by atoms with Crippen LogP contribution in [0.15, 0.2) is 30.3 Å². The number of carbonyl (C=O) groups is 1. The fourth-order valence-corrected chi connectivity index (χ4v) is 4.23. The Labute approximate surface area is 130 Å². The molecule has 0 aliphatic carbocycles. The first-order chi connectivity index (χ1) is 10.5. The standard InChI is InChI=1S/C15H22NO5P/c1-20-15(17)14(12-8-4-3-5-9-12)13-10-6-7-11-16(13)22(18,19)21-2/h3-5,8-9,13-14H,6-7,10-11H2,1-2H3,(H,18,19). The number of benzene rings is 1. The predicted molar refractivity (Wildman–Crippen MR) is 82.4 cm³/mol. The normalized spacial score (nSPS) is 23.5. The molecule has 22 heavy (non-hydrogen) atoms. The summed E-state index contributed by atoms with van der Waals surface area (Å²) in [6.45, 7) is 0.423. The van der Waals surface area contributed by atoms with Crippen LogP contribution in [-0.2, 0) is 18.6 Å². The van der Waals surface area contributed by atoms with Gasteiger partial charge in [-0.2, -0.15) is 0 Å². The molecule has 7 heteroatoms. The lowest BCUT2D eigenvalue weighted by Crippen LogP contribution is -2.44. The number of esters is 1. The van der Waals surface area contributed by atoms with Crippen molar-refractivity contribution in [2.75, 3.05) is 20.8 Å². The van der Waals surface area contributed by atoms with Gasteiger partial charge in [0.2, 0.25) is 0 Å². The third kappa shape index (κ3) is 3.58. The first kappa shape index (κ1) is 17.2. The molecule has 122 valence electrons. The van der Waals surface area contributed by atoms with Crippen LogP contribution in [0.2, 0.25) is 0 Å². The summed E-state index contributed by atoms with van der Waals surface area (Å²) in [7, 11) is -1.36. The highest BCUT2D eigenvalue weighted by atomic mass is 31.2. The van der Waals surface area contributed by atoms with Crippen LogP contribution in [0.1, 0.15) is 30.7 Å². The molecule has 1 saturated heterocycles. The van der Waals surface area contributed by atoms with E-state index in [1.54, 1.807) is 0 Å². The number of ether oxygens (including phenoxy) is 1. The second-order valence-electron chi connectivity index (χ2n) is 5.31. The van der Waals surface area contributed by atoms with Gasteiger partial charge in [-0.05, 0) is 18.4 Å². The van der Waals surface area contributed by atoms with E-state index < -0.39 is 25.7 Å². The lowest BCUT2D eigenvalue weighted by atomic mass is 9.86. The van der Waals surface area contributed by atoms with Crippen molar-refractivity contribution in [2.45, 2.75) is 31.2 Å². The minimum Gasteiger partial charge on any atom is -0.469 e. The maximum atomic E-state index is 12.3. The van der Waals surface area contributed by atoms with E-state index in [0.717, 1.165) is 18.4 Å². The van der Waals surface area contributed by atoms with E-state index in [9.17, 15) is 14.3 Å². The molecular formula is C15H22NO5P. The van der Waals surface area contributed by atoms with E-state index in [2.05, 4.69) is 0 Å². The first-order valence-corrected chi connectivity index (χ1v) is 8.82. The number of methoxy groups -OCH3 is 1. The van der Waals surface area contributed by atoms with Gasteiger partial charge in [0.05, 0.1) is 13.0 Å². The predicted octanol–water partition coefficient (Wildman–Crippen LogP) is 2.54. The van der Waals surface area contributed by atoms with Gasteiger partial charge in [0.25, 0.3) is 0 Å². The number of hydrogen-bond acceptors (Lipinski definition) is 4. The molecule has 0 spiro atoms. The molecule has 2 rings (SSSR count). The van der Waals surface area contributed by atoms with Gasteiger partial charge in [0, 0.05) is 19.7 Å². The highest BCUT2D eigenvalue weighted by molar-refractivity contribution is 7.50. The molecular weight excluding hydrogens is 305 g/mol. The van der Waals surface area contributed by atoms with Crippen molar-refractivity contribution in [2.24, 2.45) is 0 Å². The zero-order chi connectivity index (χ0) is 16.2. The molecule has 1 aromatic carbocycles. The molecule has 3 atom stereocenters. The maximum Gasteiger partial charge on any atom is 0.405 e.